The van der Waals surface area contributed by atoms with Gasteiger partial charge in [-0.3, -0.25) is 0 Å². The second kappa shape index (κ2) is 15.3. The summed E-state index contributed by atoms with van der Waals surface area (Å²) in [4.78, 5) is 12.6. The molecule has 0 unspecified atom stereocenters. The third-order valence-electron chi connectivity index (χ3n) is 7.51. The van der Waals surface area contributed by atoms with Crippen LogP contribution in [0.4, 0.5) is 39.5 Å². The number of rotatable bonds is 17. The molecular formula is C34H33F9O6. The highest BCUT2D eigenvalue weighted by atomic mass is 19.4. The van der Waals surface area contributed by atoms with Crippen LogP contribution in [0.2, 0.25) is 0 Å². The largest absolute Gasteiger partial charge is 0.494 e. The molecule has 1 saturated heterocycles. The molecule has 49 heavy (non-hydrogen) atoms. The SMILES string of the molecule is CC1(COCCCCCCOc2ccc(C(=O)Oc3ccc(-c4ccc(OC(F)(F)C(F)(F)C(F)(F)C(F)(F)F)cc4)cc3)cc2)COC1. The van der Waals surface area contributed by atoms with Crippen LogP contribution in [0.3, 0.4) is 0 Å². The van der Waals surface area contributed by atoms with Crippen molar-refractivity contribution in [3.63, 3.8) is 0 Å². The lowest BCUT2D eigenvalue weighted by molar-refractivity contribution is -0.428. The number of unbranched alkanes of at least 4 members (excludes halogenated alkanes) is 3. The van der Waals surface area contributed by atoms with Crippen molar-refractivity contribution in [3.8, 4) is 28.4 Å². The zero-order valence-electron chi connectivity index (χ0n) is 26.1. The maximum Gasteiger partial charge on any atom is 0.471 e. The van der Waals surface area contributed by atoms with Gasteiger partial charge < -0.3 is 23.7 Å². The molecule has 3 aromatic rings. The Labute approximate surface area is 276 Å². The van der Waals surface area contributed by atoms with E-state index in [1.807, 2.05) is 0 Å². The lowest BCUT2D eigenvalue weighted by Gasteiger charge is -2.37. The van der Waals surface area contributed by atoms with Gasteiger partial charge in [0.25, 0.3) is 0 Å². The first-order valence-corrected chi connectivity index (χ1v) is 15.1. The van der Waals surface area contributed by atoms with E-state index in [1.165, 1.54) is 24.3 Å². The Balaban J connectivity index is 1.20. The van der Waals surface area contributed by atoms with Crippen molar-refractivity contribution in [3.05, 3.63) is 78.4 Å². The molecule has 6 nitrogen and oxygen atoms in total. The second-order valence-corrected chi connectivity index (χ2v) is 11.8. The minimum atomic E-state index is -7.06. The molecule has 0 radical (unpaired) electrons. The highest BCUT2D eigenvalue weighted by Crippen LogP contribution is 2.53. The van der Waals surface area contributed by atoms with Gasteiger partial charge in [-0.2, -0.15) is 39.5 Å². The summed E-state index contributed by atoms with van der Waals surface area (Å²) in [6, 6.07) is 15.7. The molecule has 0 aliphatic carbocycles. The minimum Gasteiger partial charge on any atom is -0.494 e. The fourth-order valence-corrected chi connectivity index (χ4v) is 4.56. The van der Waals surface area contributed by atoms with Crippen molar-refractivity contribution < 1.29 is 68.0 Å². The van der Waals surface area contributed by atoms with Gasteiger partial charge in [-0.05, 0) is 78.9 Å². The van der Waals surface area contributed by atoms with Gasteiger partial charge in [0.05, 0.1) is 32.0 Å². The van der Waals surface area contributed by atoms with Crippen LogP contribution in [-0.4, -0.2) is 63.1 Å². The molecule has 0 atom stereocenters. The maximum absolute atomic E-state index is 13.8. The van der Waals surface area contributed by atoms with Crippen LogP contribution in [0, 0.1) is 5.41 Å². The molecule has 1 aliphatic rings. The lowest BCUT2D eigenvalue weighted by Crippen LogP contribution is -2.62. The summed E-state index contributed by atoms with van der Waals surface area (Å²) < 4.78 is 143. The Kier molecular flexibility index (Phi) is 11.8. The van der Waals surface area contributed by atoms with Crippen molar-refractivity contribution in [2.75, 3.05) is 33.0 Å². The van der Waals surface area contributed by atoms with Crippen molar-refractivity contribution >= 4 is 5.97 Å². The predicted octanol–water partition coefficient (Wildman–Crippen LogP) is 9.37. The van der Waals surface area contributed by atoms with Gasteiger partial charge >= 0.3 is 30.1 Å². The van der Waals surface area contributed by atoms with Crippen molar-refractivity contribution in [2.45, 2.75) is 56.7 Å². The monoisotopic (exact) mass is 708 g/mol. The predicted molar refractivity (Wildman–Crippen MR) is 159 cm³/mol. The fourth-order valence-electron chi connectivity index (χ4n) is 4.56. The number of hydrogen-bond acceptors (Lipinski definition) is 6. The van der Waals surface area contributed by atoms with Crippen LogP contribution >= 0.6 is 0 Å². The minimum absolute atomic E-state index is 0.151. The van der Waals surface area contributed by atoms with Crippen LogP contribution in [-0.2, 0) is 9.47 Å². The zero-order valence-corrected chi connectivity index (χ0v) is 26.1. The number of alkyl halides is 9. The van der Waals surface area contributed by atoms with Gasteiger partial charge in [0.2, 0.25) is 0 Å². The van der Waals surface area contributed by atoms with Crippen LogP contribution in [0.15, 0.2) is 72.8 Å². The van der Waals surface area contributed by atoms with Crippen molar-refractivity contribution in [2.24, 2.45) is 5.41 Å². The highest BCUT2D eigenvalue weighted by molar-refractivity contribution is 5.91. The maximum atomic E-state index is 13.8. The molecule has 1 fully saturated rings. The summed E-state index contributed by atoms with van der Waals surface area (Å²) in [7, 11) is 0. The van der Waals surface area contributed by atoms with Gasteiger partial charge in [0.15, 0.2) is 0 Å². The molecule has 0 aromatic heterocycles. The zero-order chi connectivity index (χ0) is 35.9. The quantitative estimate of drug-likeness (QED) is 0.0603. The first-order chi connectivity index (χ1) is 22.9. The Morgan fingerprint density at radius 2 is 1.18 bits per heavy atom. The molecule has 0 amide bonds. The molecule has 3 aromatic carbocycles. The number of benzene rings is 3. The average molecular weight is 709 g/mol. The van der Waals surface area contributed by atoms with Crippen LogP contribution in [0.5, 0.6) is 17.2 Å². The molecule has 4 rings (SSSR count). The van der Waals surface area contributed by atoms with Gasteiger partial charge in [-0.25, -0.2) is 4.79 Å². The molecular weight excluding hydrogens is 675 g/mol. The van der Waals surface area contributed by atoms with Crippen LogP contribution in [0.1, 0.15) is 43.0 Å². The number of carbonyl (C=O) groups is 1. The van der Waals surface area contributed by atoms with E-state index in [2.05, 4.69) is 11.7 Å². The van der Waals surface area contributed by atoms with E-state index in [9.17, 15) is 44.3 Å². The number of carbonyl (C=O) groups excluding carboxylic acids is 1. The highest BCUT2D eigenvalue weighted by Gasteiger charge is 2.83. The third kappa shape index (κ3) is 9.38. The molecule has 268 valence electrons. The standard InChI is InChI=1S/C34H33F9O6/c1-30(21-46-22-30)20-45-18-4-2-3-5-19-47-26-12-10-25(11-13-26)29(44)48-27-14-6-23(7-15-27)24-8-16-28(17-9-24)49-34(42,43)32(37,38)31(35,36)33(39,40)41/h6-17H,2-5,18-22H2,1H3. The van der Waals surface area contributed by atoms with E-state index >= 15 is 0 Å². The van der Waals surface area contributed by atoms with Crippen molar-refractivity contribution in [1.82, 2.24) is 0 Å². The normalized spacial score (nSPS) is 15.0. The van der Waals surface area contributed by atoms with Gasteiger partial charge in [0, 0.05) is 12.0 Å². The Morgan fingerprint density at radius 1 is 0.673 bits per heavy atom. The van der Waals surface area contributed by atoms with Crippen LogP contribution in [0.25, 0.3) is 11.1 Å². The molecule has 0 saturated carbocycles. The number of esters is 1. The molecule has 1 heterocycles. The lowest BCUT2D eigenvalue weighted by atomic mass is 9.90. The van der Waals surface area contributed by atoms with E-state index in [-0.39, 0.29) is 16.7 Å². The van der Waals surface area contributed by atoms with E-state index < -0.39 is 35.8 Å². The second-order valence-electron chi connectivity index (χ2n) is 11.8. The number of hydrogen-bond donors (Lipinski definition) is 0. The molecule has 15 heteroatoms. The topological polar surface area (TPSA) is 63.2 Å². The van der Waals surface area contributed by atoms with Gasteiger partial charge in [-0.15, -0.1) is 0 Å². The summed E-state index contributed by atoms with van der Waals surface area (Å²) in [5.41, 5.74) is 1.14. The Bertz CT molecular complexity index is 1510. The van der Waals surface area contributed by atoms with Gasteiger partial charge in [-0.1, -0.05) is 37.6 Å². The first-order valence-electron chi connectivity index (χ1n) is 15.1. The Hall–Kier alpha value is -3.98. The average Bonchev–Trinajstić information content (AvgIpc) is 3.03. The number of ether oxygens (including phenoxy) is 5. The van der Waals surface area contributed by atoms with Crippen molar-refractivity contribution in [1.29, 1.82) is 0 Å². The van der Waals surface area contributed by atoms with E-state index in [4.69, 9.17) is 18.9 Å². The van der Waals surface area contributed by atoms with Crippen LogP contribution < -0.4 is 14.2 Å². The smallest absolute Gasteiger partial charge is 0.471 e. The summed E-state index contributed by atoms with van der Waals surface area (Å²) in [5, 5.41) is 0. The van der Waals surface area contributed by atoms with Gasteiger partial charge in [0.1, 0.15) is 17.2 Å². The summed E-state index contributed by atoms with van der Waals surface area (Å²) >= 11 is 0. The molecule has 0 N–H and O–H groups in total. The summed E-state index contributed by atoms with van der Waals surface area (Å²) in [6.45, 7) is 5.59. The molecule has 0 spiro atoms. The summed E-state index contributed by atoms with van der Waals surface area (Å²) in [6.07, 6.45) is -9.30. The number of halogens is 9. The Morgan fingerprint density at radius 3 is 1.69 bits per heavy atom. The summed E-state index contributed by atoms with van der Waals surface area (Å²) in [5.74, 6) is -15.0. The fraction of sp³-hybridized carbons (Fsp3) is 0.441. The van der Waals surface area contributed by atoms with E-state index in [0.717, 1.165) is 57.6 Å². The third-order valence-corrected chi connectivity index (χ3v) is 7.51. The molecule has 0 bridgehead atoms. The molecule has 1 aliphatic heterocycles. The van der Waals surface area contributed by atoms with E-state index in [1.54, 1.807) is 24.3 Å². The van der Waals surface area contributed by atoms with E-state index in [0.29, 0.717) is 42.2 Å². The first kappa shape index (κ1) is 37.8.